The van der Waals surface area contributed by atoms with Gasteiger partial charge in [-0.1, -0.05) is 47.5 Å². The van der Waals surface area contributed by atoms with Gasteiger partial charge >= 0.3 is 0 Å². The van der Waals surface area contributed by atoms with E-state index in [4.69, 9.17) is 15.3 Å². The first kappa shape index (κ1) is 22.4. The van der Waals surface area contributed by atoms with Crippen LogP contribution in [0, 0.1) is 24.2 Å². The summed E-state index contributed by atoms with van der Waals surface area (Å²) < 4.78 is 13.0. The molecule has 0 amide bonds. The van der Waals surface area contributed by atoms with Crippen LogP contribution in [0.1, 0.15) is 47.1 Å². The van der Waals surface area contributed by atoms with Gasteiger partial charge in [0.25, 0.3) is 0 Å². The smallest absolute Gasteiger partial charge is 0.250 e. The Morgan fingerprint density at radius 3 is 1.46 bits per heavy atom. The molecule has 0 unspecified atom stereocenters. The van der Waals surface area contributed by atoms with Crippen molar-refractivity contribution >= 4 is 16.6 Å². The molecule has 0 aliphatic carbocycles. The van der Waals surface area contributed by atoms with E-state index in [0.29, 0.717) is 0 Å². The van der Waals surface area contributed by atoms with E-state index in [0.717, 1.165) is 17.1 Å². The second kappa shape index (κ2) is 7.55. The highest BCUT2D eigenvalue weighted by molar-refractivity contribution is 6.75. The van der Waals surface area contributed by atoms with Crippen LogP contribution in [0.3, 0.4) is 0 Å². The zero-order valence-electron chi connectivity index (χ0n) is 18.1. The van der Waals surface area contributed by atoms with Crippen LogP contribution in [0.25, 0.3) is 0 Å². The highest BCUT2D eigenvalue weighted by atomic mass is 28.4. The maximum absolute atomic E-state index is 6.48. The molecule has 0 aliphatic rings. The molecule has 26 heavy (non-hydrogen) atoms. The van der Waals surface area contributed by atoms with Crippen LogP contribution >= 0.6 is 0 Å². The lowest BCUT2D eigenvalue weighted by molar-refractivity contribution is 0.474. The van der Waals surface area contributed by atoms with Gasteiger partial charge in [-0.25, -0.2) is 0 Å². The van der Waals surface area contributed by atoms with E-state index in [1.54, 1.807) is 0 Å². The van der Waals surface area contributed by atoms with Gasteiger partial charge in [0, 0.05) is 11.6 Å². The van der Waals surface area contributed by atoms with Crippen LogP contribution in [0.15, 0.2) is 18.2 Å². The fourth-order valence-corrected chi connectivity index (χ4v) is 3.79. The average molecular weight is 387 g/mol. The van der Waals surface area contributed by atoms with Gasteiger partial charge in [-0.15, -0.1) is 6.42 Å². The molecular formula is C22H34O2Si2. The van der Waals surface area contributed by atoms with Crippen molar-refractivity contribution in [3.05, 3.63) is 23.8 Å². The summed E-state index contributed by atoms with van der Waals surface area (Å²) in [6, 6.07) is 5.93. The Labute approximate surface area is 163 Å². The Hall–Kier alpha value is -1.63. The molecule has 0 spiro atoms. The van der Waals surface area contributed by atoms with Gasteiger partial charge in [-0.05, 0) is 60.2 Å². The summed E-state index contributed by atoms with van der Waals surface area (Å²) in [5.41, 5.74) is 0.827. The minimum absolute atomic E-state index is 0.119. The summed E-state index contributed by atoms with van der Waals surface area (Å²) in [5.74, 6) is 9.71. The SMILES string of the molecule is C#CC#Cc1cc(O[Si](C)(C)C(C)(C)C)cc(O[Si](C)(C)C(C)(C)C)c1. The van der Waals surface area contributed by atoms with Crippen molar-refractivity contribution in [2.75, 3.05) is 0 Å². The normalized spacial score (nSPS) is 12.7. The number of benzene rings is 1. The lowest BCUT2D eigenvalue weighted by Crippen LogP contribution is -2.44. The highest BCUT2D eigenvalue weighted by Gasteiger charge is 2.40. The zero-order chi connectivity index (χ0) is 20.4. The molecule has 142 valence electrons. The molecule has 0 bridgehead atoms. The standard InChI is InChI=1S/C22H34O2Si2/c1-12-13-14-18-15-19(23-25(8,9)21(2,3)4)17-20(16-18)24-26(10,11)22(5,6)7/h1,15-17H,2-11H3. The third kappa shape index (κ3) is 5.69. The van der Waals surface area contributed by atoms with E-state index in [1.165, 1.54) is 0 Å². The van der Waals surface area contributed by atoms with Gasteiger partial charge in [-0.3, -0.25) is 0 Å². The summed E-state index contributed by atoms with van der Waals surface area (Å²) in [6.07, 6.45) is 5.30. The Morgan fingerprint density at radius 1 is 0.769 bits per heavy atom. The zero-order valence-corrected chi connectivity index (χ0v) is 20.1. The largest absolute Gasteiger partial charge is 0.543 e. The number of rotatable bonds is 4. The molecule has 1 rings (SSSR count). The lowest BCUT2D eigenvalue weighted by atomic mass is 10.2. The third-order valence-electron chi connectivity index (χ3n) is 5.52. The summed E-state index contributed by atoms with van der Waals surface area (Å²) >= 11 is 0. The van der Waals surface area contributed by atoms with Crippen LogP contribution in [0.5, 0.6) is 11.5 Å². The van der Waals surface area contributed by atoms with Crippen molar-refractivity contribution in [3.8, 4) is 35.7 Å². The first-order valence-corrected chi connectivity index (χ1v) is 14.9. The monoisotopic (exact) mass is 386 g/mol. The molecular weight excluding hydrogens is 352 g/mol. The molecule has 1 aromatic carbocycles. The molecule has 0 aliphatic heterocycles. The fraction of sp³-hybridized carbons (Fsp3) is 0.545. The Morgan fingerprint density at radius 2 is 1.15 bits per heavy atom. The van der Waals surface area contributed by atoms with Crippen molar-refractivity contribution in [1.29, 1.82) is 0 Å². The predicted octanol–water partition coefficient (Wildman–Crippen LogP) is 6.44. The summed E-state index contributed by atoms with van der Waals surface area (Å²) in [4.78, 5) is 0. The average Bonchev–Trinajstić information content (AvgIpc) is 2.41. The fourth-order valence-electron chi connectivity index (χ4n) is 1.77. The quantitative estimate of drug-likeness (QED) is 0.438. The van der Waals surface area contributed by atoms with Crippen molar-refractivity contribution in [2.45, 2.75) is 77.8 Å². The van der Waals surface area contributed by atoms with E-state index < -0.39 is 16.6 Å². The molecule has 0 saturated heterocycles. The molecule has 0 atom stereocenters. The van der Waals surface area contributed by atoms with E-state index in [1.807, 2.05) is 18.2 Å². The molecule has 0 aromatic heterocycles. The lowest BCUT2D eigenvalue weighted by Gasteiger charge is -2.38. The minimum Gasteiger partial charge on any atom is -0.543 e. The Kier molecular flexibility index (Phi) is 6.51. The molecule has 1 aromatic rings. The Bertz CT molecular complexity index is 699. The van der Waals surface area contributed by atoms with Gasteiger partial charge in [0.05, 0.1) is 0 Å². The predicted molar refractivity (Wildman–Crippen MR) is 118 cm³/mol. The summed E-state index contributed by atoms with van der Waals surface area (Å²) in [6.45, 7) is 22.3. The summed E-state index contributed by atoms with van der Waals surface area (Å²) in [5, 5.41) is 0.238. The van der Waals surface area contributed by atoms with Crippen LogP contribution < -0.4 is 8.85 Å². The molecule has 0 fully saturated rings. The van der Waals surface area contributed by atoms with Crippen molar-refractivity contribution in [2.24, 2.45) is 0 Å². The maximum atomic E-state index is 6.48. The number of hydrogen-bond donors (Lipinski definition) is 0. The molecule has 0 N–H and O–H groups in total. The second-order valence-corrected chi connectivity index (χ2v) is 19.3. The topological polar surface area (TPSA) is 18.5 Å². The molecule has 2 nitrogen and oxygen atoms in total. The molecule has 0 radical (unpaired) electrons. The molecule has 4 heteroatoms. The number of terminal acetylenes is 1. The van der Waals surface area contributed by atoms with Gasteiger partial charge in [-0.2, -0.15) is 0 Å². The third-order valence-corrected chi connectivity index (χ3v) is 14.2. The van der Waals surface area contributed by atoms with E-state index in [-0.39, 0.29) is 10.1 Å². The van der Waals surface area contributed by atoms with E-state index in [2.05, 4.69) is 85.5 Å². The van der Waals surface area contributed by atoms with Crippen molar-refractivity contribution in [3.63, 3.8) is 0 Å². The van der Waals surface area contributed by atoms with Gasteiger partial charge in [0.15, 0.2) is 0 Å². The van der Waals surface area contributed by atoms with Crippen LogP contribution in [0.2, 0.25) is 36.3 Å². The highest BCUT2D eigenvalue weighted by Crippen LogP contribution is 2.40. The first-order chi connectivity index (χ1) is 11.6. The van der Waals surface area contributed by atoms with E-state index in [9.17, 15) is 0 Å². The molecule has 0 heterocycles. The van der Waals surface area contributed by atoms with Crippen molar-refractivity contribution < 1.29 is 8.85 Å². The first-order valence-electron chi connectivity index (χ1n) is 9.09. The summed E-state index contributed by atoms with van der Waals surface area (Å²) in [7, 11) is -3.90. The maximum Gasteiger partial charge on any atom is 0.250 e. The Balaban J connectivity index is 3.35. The van der Waals surface area contributed by atoms with E-state index >= 15 is 0 Å². The van der Waals surface area contributed by atoms with Gasteiger partial charge in [0.2, 0.25) is 16.6 Å². The molecule has 0 saturated carbocycles. The van der Waals surface area contributed by atoms with Crippen LogP contribution in [0.4, 0.5) is 0 Å². The number of hydrogen-bond acceptors (Lipinski definition) is 2. The van der Waals surface area contributed by atoms with Crippen LogP contribution in [-0.2, 0) is 0 Å². The van der Waals surface area contributed by atoms with Crippen LogP contribution in [-0.4, -0.2) is 16.6 Å². The van der Waals surface area contributed by atoms with Gasteiger partial charge in [0.1, 0.15) is 11.5 Å². The van der Waals surface area contributed by atoms with Crippen molar-refractivity contribution in [1.82, 2.24) is 0 Å². The second-order valence-electron chi connectivity index (χ2n) is 9.81. The van der Waals surface area contributed by atoms with Gasteiger partial charge < -0.3 is 8.85 Å². The minimum atomic E-state index is -1.95.